The molecule has 26 heavy (non-hydrogen) atoms. The molecule has 3 aromatic carbocycles. The molecule has 0 aliphatic heterocycles. The highest BCUT2D eigenvalue weighted by atomic mass is 35.5. The highest BCUT2D eigenvalue weighted by Crippen LogP contribution is 2.34. The van der Waals surface area contributed by atoms with Crippen LogP contribution in [0.25, 0.3) is 21.8 Å². The van der Waals surface area contributed by atoms with Crippen LogP contribution in [-0.2, 0) is 6.54 Å². The molecule has 0 unspecified atom stereocenters. The van der Waals surface area contributed by atoms with E-state index in [-0.39, 0.29) is 5.82 Å². The first-order chi connectivity index (χ1) is 12.5. The quantitative estimate of drug-likeness (QED) is 0.542. The number of benzene rings is 3. The van der Waals surface area contributed by atoms with E-state index in [0.717, 1.165) is 21.8 Å². The van der Waals surface area contributed by atoms with Crippen LogP contribution in [-0.4, -0.2) is 10.5 Å². The molecule has 130 valence electrons. The van der Waals surface area contributed by atoms with Crippen molar-refractivity contribution in [3.8, 4) is 0 Å². The molecule has 4 aromatic rings. The highest BCUT2D eigenvalue weighted by molar-refractivity contribution is 6.32. The number of halogens is 2. The second-order valence-corrected chi connectivity index (χ2v) is 6.80. The number of nitrogens with zero attached hydrogens (tertiary/aromatic N) is 1. The molecule has 0 atom stereocenters. The summed E-state index contributed by atoms with van der Waals surface area (Å²) in [4.78, 5) is 11.9. The third kappa shape index (κ3) is 2.54. The summed E-state index contributed by atoms with van der Waals surface area (Å²) in [5.41, 5.74) is 8.84. The highest BCUT2D eigenvalue weighted by Gasteiger charge is 2.17. The molecule has 0 aliphatic rings. The normalized spacial score (nSPS) is 11.3. The smallest absolute Gasteiger partial charge is 0.249 e. The molecule has 1 amide bonds. The van der Waals surface area contributed by atoms with Crippen molar-refractivity contribution in [2.24, 2.45) is 5.73 Å². The van der Waals surface area contributed by atoms with Crippen molar-refractivity contribution < 1.29 is 9.18 Å². The van der Waals surface area contributed by atoms with Crippen molar-refractivity contribution in [2.75, 3.05) is 0 Å². The van der Waals surface area contributed by atoms with Crippen LogP contribution < -0.4 is 5.73 Å². The number of aromatic nitrogens is 1. The minimum atomic E-state index is -0.494. The van der Waals surface area contributed by atoms with Crippen molar-refractivity contribution in [1.29, 1.82) is 0 Å². The van der Waals surface area contributed by atoms with Gasteiger partial charge >= 0.3 is 0 Å². The zero-order valence-corrected chi connectivity index (χ0v) is 14.8. The van der Waals surface area contributed by atoms with Gasteiger partial charge in [-0.3, -0.25) is 4.79 Å². The fourth-order valence-electron chi connectivity index (χ4n) is 3.49. The first kappa shape index (κ1) is 16.6. The van der Waals surface area contributed by atoms with Gasteiger partial charge in [0.15, 0.2) is 0 Å². The van der Waals surface area contributed by atoms with Gasteiger partial charge in [-0.2, -0.15) is 0 Å². The molecule has 0 aliphatic carbocycles. The fourth-order valence-corrected chi connectivity index (χ4v) is 3.66. The van der Waals surface area contributed by atoms with E-state index >= 15 is 0 Å². The second-order valence-electron chi connectivity index (χ2n) is 6.36. The van der Waals surface area contributed by atoms with E-state index in [2.05, 4.69) is 0 Å². The van der Waals surface area contributed by atoms with Gasteiger partial charge in [0.1, 0.15) is 5.82 Å². The van der Waals surface area contributed by atoms with Crippen molar-refractivity contribution in [2.45, 2.75) is 13.5 Å². The number of fused-ring (bicyclic) bond motifs is 3. The number of carbonyl (C=O) groups is 1. The number of amides is 1. The van der Waals surface area contributed by atoms with Gasteiger partial charge in [-0.05, 0) is 36.8 Å². The van der Waals surface area contributed by atoms with Gasteiger partial charge in [0.05, 0.1) is 17.6 Å². The third-order valence-corrected chi connectivity index (χ3v) is 4.95. The molecular formula is C21H16ClFN2O. The Morgan fingerprint density at radius 2 is 1.88 bits per heavy atom. The van der Waals surface area contributed by atoms with E-state index in [1.54, 1.807) is 37.3 Å². The molecule has 0 bridgehead atoms. The van der Waals surface area contributed by atoms with Gasteiger partial charge in [-0.25, -0.2) is 4.39 Å². The number of hydrogen-bond donors (Lipinski definition) is 1. The molecule has 5 heteroatoms. The maximum atomic E-state index is 14.6. The van der Waals surface area contributed by atoms with Crippen LogP contribution in [0.3, 0.4) is 0 Å². The summed E-state index contributed by atoms with van der Waals surface area (Å²) in [5.74, 6) is -0.720. The summed E-state index contributed by atoms with van der Waals surface area (Å²) in [7, 11) is 0. The van der Waals surface area contributed by atoms with Crippen molar-refractivity contribution >= 4 is 39.3 Å². The zero-order valence-electron chi connectivity index (χ0n) is 14.1. The molecule has 0 fully saturated rings. The van der Waals surface area contributed by atoms with Gasteiger partial charge < -0.3 is 10.3 Å². The number of carbonyl (C=O) groups excluding carboxylic acids is 1. The second kappa shape index (κ2) is 6.15. The number of primary amides is 1. The average molecular weight is 367 g/mol. The predicted octanol–water partition coefficient (Wildman–Crippen LogP) is 5.04. The van der Waals surface area contributed by atoms with Gasteiger partial charge in [-0.1, -0.05) is 41.9 Å². The maximum Gasteiger partial charge on any atom is 0.249 e. The molecule has 0 spiro atoms. The van der Waals surface area contributed by atoms with Crippen molar-refractivity contribution in [1.82, 2.24) is 4.57 Å². The standard InChI is InChI=1S/C21H16ClFN2O/c1-12-4-2-5-13(20(12)23)11-25-17-7-3-6-16(21(24)26)19(17)15-9-8-14(22)10-18(15)25/h2-10H,11H2,1H3,(H2,24,26). The average Bonchev–Trinajstić information content (AvgIpc) is 2.92. The molecule has 1 heterocycles. The number of hydrogen-bond acceptors (Lipinski definition) is 1. The summed E-state index contributed by atoms with van der Waals surface area (Å²) >= 11 is 6.20. The topological polar surface area (TPSA) is 48.0 Å². The lowest BCUT2D eigenvalue weighted by atomic mass is 10.1. The van der Waals surface area contributed by atoms with E-state index in [9.17, 15) is 9.18 Å². The van der Waals surface area contributed by atoms with Crippen LogP contribution >= 0.6 is 11.6 Å². The minimum Gasteiger partial charge on any atom is -0.366 e. The lowest BCUT2D eigenvalue weighted by Gasteiger charge is -2.10. The number of aryl methyl sites for hydroxylation is 1. The monoisotopic (exact) mass is 366 g/mol. The Labute approximate surface area is 154 Å². The van der Waals surface area contributed by atoms with Crippen LogP contribution in [0.15, 0.2) is 54.6 Å². The summed E-state index contributed by atoms with van der Waals surface area (Å²) in [6.07, 6.45) is 0. The van der Waals surface area contributed by atoms with Crippen molar-refractivity contribution in [3.63, 3.8) is 0 Å². The largest absolute Gasteiger partial charge is 0.366 e. The van der Waals surface area contributed by atoms with Crippen LogP contribution in [0, 0.1) is 12.7 Å². The lowest BCUT2D eigenvalue weighted by molar-refractivity contribution is 0.100. The Bertz CT molecular complexity index is 1180. The molecule has 0 saturated carbocycles. The molecule has 4 rings (SSSR count). The Balaban J connectivity index is 2.07. The van der Waals surface area contributed by atoms with Gasteiger partial charge in [-0.15, -0.1) is 0 Å². The fraction of sp³-hybridized carbons (Fsp3) is 0.0952. The Morgan fingerprint density at radius 3 is 2.65 bits per heavy atom. The van der Waals surface area contributed by atoms with Crippen LogP contribution in [0.2, 0.25) is 5.02 Å². The van der Waals surface area contributed by atoms with Gasteiger partial charge in [0.2, 0.25) is 5.91 Å². The van der Waals surface area contributed by atoms with Crippen LogP contribution in [0.4, 0.5) is 4.39 Å². The third-order valence-electron chi connectivity index (χ3n) is 4.72. The first-order valence-corrected chi connectivity index (χ1v) is 8.59. The molecular weight excluding hydrogens is 351 g/mol. The van der Waals surface area contributed by atoms with Crippen molar-refractivity contribution in [3.05, 3.63) is 82.1 Å². The summed E-state index contributed by atoms with van der Waals surface area (Å²) in [6, 6.07) is 16.2. The van der Waals surface area contributed by atoms with Gasteiger partial charge in [0.25, 0.3) is 0 Å². The summed E-state index contributed by atoms with van der Waals surface area (Å²) in [5, 5.41) is 2.21. The zero-order chi connectivity index (χ0) is 18.4. The maximum absolute atomic E-state index is 14.6. The summed E-state index contributed by atoms with van der Waals surface area (Å²) < 4.78 is 16.5. The lowest BCUT2D eigenvalue weighted by Crippen LogP contribution is -2.11. The predicted molar refractivity (Wildman–Crippen MR) is 103 cm³/mol. The molecule has 0 saturated heterocycles. The minimum absolute atomic E-state index is 0.226. The van der Waals surface area contributed by atoms with E-state index in [1.165, 1.54) is 0 Å². The van der Waals surface area contributed by atoms with E-state index in [0.29, 0.717) is 28.3 Å². The van der Waals surface area contributed by atoms with Crippen LogP contribution in [0.5, 0.6) is 0 Å². The first-order valence-electron chi connectivity index (χ1n) is 8.21. The SMILES string of the molecule is Cc1cccc(Cn2c3cc(Cl)ccc3c3c(C(N)=O)cccc32)c1F. The van der Waals surface area contributed by atoms with E-state index < -0.39 is 5.91 Å². The molecule has 0 radical (unpaired) electrons. The Hall–Kier alpha value is -2.85. The van der Waals surface area contributed by atoms with Gasteiger partial charge in [0, 0.05) is 26.9 Å². The summed E-state index contributed by atoms with van der Waals surface area (Å²) in [6.45, 7) is 2.07. The molecule has 3 nitrogen and oxygen atoms in total. The van der Waals surface area contributed by atoms with Crippen LogP contribution in [0.1, 0.15) is 21.5 Å². The molecule has 2 N–H and O–H groups in total. The molecule has 1 aromatic heterocycles. The number of nitrogens with two attached hydrogens (primary N) is 1. The Kier molecular flexibility index (Phi) is 3.93. The Morgan fingerprint density at radius 1 is 1.12 bits per heavy atom. The number of rotatable bonds is 3. The van der Waals surface area contributed by atoms with E-state index in [1.807, 2.05) is 28.8 Å². The van der Waals surface area contributed by atoms with E-state index in [4.69, 9.17) is 17.3 Å².